The van der Waals surface area contributed by atoms with Crippen LogP contribution in [0.25, 0.3) is 6.08 Å². The van der Waals surface area contributed by atoms with E-state index in [2.05, 4.69) is 10.7 Å². The number of nitrogens with zero attached hydrogens (tertiary/aromatic N) is 1. The van der Waals surface area contributed by atoms with E-state index in [9.17, 15) is 14.4 Å². The molecule has 1 heterocycles. The largest absolute Gasteiger partial charge is 0.493 e. The van der Waals surface area contributed by atoms with Crippen LogP contribution in [-0.2, 0) is 9.59 Å². The van der Waals surface area contributed by atoms with E-state index in [-0.39, 0.29) is 16.8 Å². The molecular formula is C27H23N3O5S2. The molecule has 4 rings (SSSR count). The fourth-order valence-corrected chi connectivity index (χ4v) is 4.61. The predicted molar refractivity (Wildman–Crippen MR) is 147 cm³/mol. The number of nitrogens with one attached hydrogen (secondary N) is 2. The van der Waals surface area contributed by atoms with Crippen molar-refractivity contribution in [3.05, 3.63) is 94.4 Å². The highest BCUT2D eigenvalue weighted by molar-refractivity contribution is 8.26. The zero-order chi connectivity index (χ0) is 26.4. The Morgan fingerprint density at radius 1 is 1.03 bits per heavy atom. The van der Waals surface area contributed by atoms with Crippen molar-refractivity contribution in [3.63, 3.8) is 0 Å². The monoisotopic (exact) mass is 533 g/mol. The fraction of sp³-hybridized carbons (Fsp3) is 0.111. The molecule has 0 saturated carbocycles. The van der Waals surface area contributed by atoms with Crippen LogP contribution in [0, 0.1) is 6.92 Å². The number of carbonyl (C=O) groups is 3. The first-order valence-electron chi connectivity index (χ1n) is 11.2. The lowest BCUT2D eigenvalue weighted by Gasteiger charge is -2.15. The molecule has 0 aromatic heterocycles. The van der Waals surface area contributed by atoms with Crippen molar-refractivity contribution in [1.29, 1.82) is 0 Å². The first-order chi connectivity index (χ1) is 17.8. The van der Waals surface area contributed by atoms with Gasteiger partial charge in [0, 0.05) is 11.3 Å². The number of hydrazine groups is 1. The Kier molecular flexibility index (Phi) is 8.22. The van der Waals surface area contributed by atoms with Crippen molar-refractivity contribution < 1.29 is 23.9 Å². The van der Waals surface area contributed by atoms with Crippen LogP contribution in [-0.4, -0.2) is 40.8 Å². The SMILES string of the molecule is COc1cc(/C=C2/SC(=S)N(NC(=O)c3ccccc3)C2=O)ccc1OCC(=O)Nc1cccc(C)c1. The Morgan fingerprint density at radius 2 is 1.81 bits per heavy atom. The number of rotatable bonds is 8. The number of benzene rings is 3. The molecule has 3 aromatic rings. The van der Waals surface area contributed by atoms with E-state index in [4.69, 9.17) is 21.7 Å². The third-order valence-electron chi connectivity index (χ3n) is 5.19. The minimum absolute atomic E-state index is 0.205. The number of hydrogen-bond acceptors (Lipinski definition) is 7. The molecule has 2 N–H and O–H groups in total. The van der Waals surface area contributed by atoms with Gasteiger partial charge in [-0.15, -0.1) is 0 Å². The highest BCUT2D eigenvalue weighted by Crippen LogP contribution is 2.34. The molecule has 0 unspecified atom stereocenters. The van der Waals surface area contributed by atoms with Gasteiger partial charge < -0.3 is 14.8 Å². The average molecular weight is 534 g/mol. The van der Waals surface area contributed by atoms with E-state index in [0.29, 0.717) is 33.2 Å². The van der Waals surface area contributed by atoms with Crippen molar-refractivity contribution in [2.45, 2.75) is 6.92 Å². The van der Waals surface area contributed by atoms with Gasteiger partial charge in [-0.1, -0.05) is 48.2 Å². The van der Waals surface area contributed by atoms with Crippen molar-refractivity contribution in [2.24, 2.45) is 0 Å². The van der Waals surface area contributed by atoms with Crippen LogP contribution >= 0.6 is 24.0 Å². The number of thiocarbonyl (C=S) groups is 1. The summed E-state index contributed by atoms with van der Waals surface area (Å²) >= 11 is 6.37. The van der Waals surface area contributed by atoms with E-state index >= 15 is 0 Å². The van der Waals surface area contributed by atoms with E-state index in [1.807, 2.05) is 25.1 Å². The fourth-order valence-electron chi connectivity index (χ4n) is 3.43. The van der Waals surface area contributed by atoms with E-state index < -0.39 is 11.8 Å². The molecule has 3 amide bonds. The lowest BCUT2D eigenvalue weighted by molar-refractivity contribution is -0.123. The summed E-state index contributed by atoms with van der Waals surface area (Å²) in [6.45, 7) is 1.74. The van der Waals surface area contributed by atoms with Crippen LogP contribution in [0.4, 0.5) is 5.69 Å². The molecule has 0 spiro atoms. The van der Waals surface area contributed by atoms with Gasteiger partial charge in [0.05, 0.1) is 12.0 Å². The summed E-state index contributed by atoms with van der Waals surface area (Å²) in [6, 6.07) is 21.1. The second kappa shape index (κ2) is 11.7. The summed E-state index contributed by atoms with van der Waals surface area (Å²) in [5.74, 6) is -0.413. The normalized spacial score (nSPS) is 14.0. The Morgan fingerprint density at radius 3 is 2.54 bits per heavy atom. The van der Waals surface area contributed by atoms with Crippen molar-refractivity contribution in [1.82, 2.24) is 10.4 Å². The molecule has 1 saturated heterocycles. The van der Waals surface area contributed by atoms with Crippen molar-refractivity contribution in [2.75, 3.05) is 19.0 Å². The Bertz CT molecular complexity index is 1390. The molecule has 1 fully saturated rings. The van der Waals surface area contributed by atoms with Gasteiger partial charge in [0.2, 0.25) is 0 Å². The van der Waals surface area contributed by atoms with Crippen molar-refractivity contribution in [3.8, 4) is 11.5 Å². The predicted octanol–water partition coefficient (Wildman–Crippen LogP) is 4.57. The summed E-state index contributed by atoms with van der Waals surface area (Å²) in [5.41, 5.74) is 5.34. The van der Waals surface area contributed by atoms with E-state index in [1.54, 1.807) is 60.7 Å². The maximum Gasteiger partial charge on any atom is 0.285 e. The zero-order valence-electron chi connectivity index (χ0n) is 20.0. The summed E-state index contributed by atoms with van der Waals surface area (Å²) in [6.07, 6.45) is 1.64. The second-order valence-electron chi connectivity index (χ2n) is 7.94. The molecule has 1 aliphatic rings. The molecule has 0 bridgehead atoms. The lowest BCUT2D eigenvalue weighted by atomic mass is 10.2. The number of thioether (sulfide) groups is 1. The summed E-state index contributed by atoms with van der Waals surface area (Å²) in [4.78, 5) is 38.0. The number of carbonyl (C=O) groups excluding carboxylic acids is 3. The van der Waals surface area contributed by atoms with E-state index in [1.165, 1.54) is 7.11 Å². The third-order valence-corrected chi connectivity index (χ3v) is 6.49. The molecular weight excluding hydrogens is 510 g/mol. The minimum Gasteiger partial charge on any atom is -0.493 e. The average Bonchev–Trinajstić information content (AvgIpc) is 3.15. The van der Waals surface area contributed by atoms with Gasteiger partial charge in [0.1, 0.15) is 0 Å². The Hall–Kier alpha value is -4.15. The van der Waals surface area contributed by atoms with Gasteiger partial charge in [-0.3, -0.25) is 19.8 Å². The van der Waals surface area contributed by atoms with Crippen LogP contribution in [0.2, 0.25) is 0 Å². The molecule has 10 heteroatoms. The highest BCUT2D eigenvalue weighted by atomic mass is 32.2. The number of methoxy groups -OCH3 is 1. The first kappa shape index (κ1) is 25.9. The van der Waals surface area contributed by atoms with Gasteiger partial charge in [-0.2, -0.15) is 5.01 Å². The summed E-state index contributed by atoms with van der Waals surface area (Å²) in [5, 5.41) is 3.84. The summed E-state index contributed by atoms with van der Waals surface area (Å²) < 4.78 is 11.3. The summed E-state index contributed by atoms with van der Waals surface area (Å²) in [7, 11) is 1.48. The van der Waals surface area contributed by atoms with Gasteiger partial charge >= 0.3 is 0 Å². The number of anilines is 1. The maximum atomic E-state index is 12.9. The zero-order valence-corrected chi connectivity index (χ0v) is 21.7. The number of amides is 3. The van der Waals surface area contributed by atoms with Gasteiger partial charge in [-0.05, 0) is 72.7 Å². The van der Waals surface area contributed by atoms with Crippen LogP contribution in [0.5, 0.6) is 11.5 Å². The number of ether oxygens (including phenoxy) is 2. The van der Waals surface area contributed by atoms with Crippen LogP contribution in [0.15, 0.2) is 77.7 Å². The molecule has 0 atom stereocenters. The highest BCUT2D eigenvalue weighted by Gasteiger charge is 2.33. The first-order valence-corrected chi connectivity index (χ1v) is 12.4. The van der Waals surface area contributed by atoms with Gasteiger partial charge in [-0.25, -0.2) is 0 Å². The standard InChI is InChI=1S/C27H23N3O5S2/c1-17-7-6-10-20(13-17)28-24(31)16-35-21-12-11-18(14-22(21)34-2)15-23-26(33)30(27(36)37-23)29-25(32)19-8-4-3-5-9-19/h3-15H,16H2,1-2H3,(H,28,31)(H,29,32)/b23-15+. The quantitative estimate of drug-likeness (QED) is 0.324. The molecule has 37 heavy (non-hydrogen) atoms. The van der Waals surface area contributed by atoms with E-state index in [0.717, 1.165) is 22.3 Å². The second-order valence-corrected chi connectivity index (χ2v) is 9.62. The number of hydrogen-bond donors (Lipinski definition) is 2. The number of aryl methyl sites for hydroxylation is 1. The molecule has 0 aliphatic carbocycles. The molecule has 8 nitrogen and oxygen atoms in total. The van der Waals surface area contributed by atoms with Crippen LogP contribution in [0.3, 0.4) is 0 Å². The molecule has 3 aromatic carbocycles. The minimum atomic E-state index is -0.439. The molecule has 188 valence electrons. The Balaban J connectivity index is 1.41. The topological polar surface area (TPSA) is 97.0 Å². The van der Waals surface area contributed by atoms with Crippen LogP contribution in [0.1, 0.15) is 21.5 Å². The third kappa shape index (κ3) is 6.54. The van der Waals surface area contributed by atoms with Gasteiger partial charge in [0.15, 0.2) is 22.4 Å². The Labute approximate surface area is 223 Å². The lowest BCUT2D eigenvalue weighted by Crippen LogP contribution is -2.44. The molecule has 0 radical (unpaired) electrons. The molecule has 1 aliphatic heterocycles. The van der Waals surface area contributed by atoms with Crippen molar-refractivity contribution >= 4 is 57.8 Å². The van der Waals surface area contributed by atoms with Gasteiger partial charge in [0.25, 0.3) is 17.7 Å². The maximum absolute atomic E-state index is 12.9. The van der Waals surface area contributed by atoms with Crippen LogP contribution < -0.4 is 20.2 Å². The smallest absolute Gasteiger partial charge is 0.285 e.